The zero-order chi connectivity index (χ0) is 7.98. The van der Waals surface area contributed by atoms with Crippen molar-refractivity contribution < 1.29 is 9.59 Å². The van der Waals surface area contributed by atoms with Crippen molar-refractivity contribution in [3.05, 3.63) is 0 Å². The van der Waals surface area contributed by atoms with Crippen LogP contribution in [0.3, 0.4) is 0 Å². The molecule has 0 aromatic rings. The highest BCUT2D eigenvalue weighted by atomic mass is 16.2. The lowest BCUT2D eigenvalue weighted by atomic mass is 10.3. The van der Waals surface area contributed by atoms with E-state index in [9.17, 15) is 9.59 Å². The van der Waals surface area contributed by atoms with Gasteiger partial charge in [-0.15, -0.1) is 0 Å². The zero-order valence-electron chi connectivity index (χ0n) is 5.96. The van der Waals surface area contributed by atoms with Crippen LogP contribution in [0.4, 0.5) is 0 Å². The fourth-order valence-corrected chi connectivity index (χ4v) is 0.515. The highest BCUT2D eigenvalue weighted by molar-refractivity contribution is 5.77. The van der Waals surface area contributed by atoms with Gasteiger partial charge in [0.05, 0.1) is 0 Å². The molecule has 0 aliphatic carbocycles. The van der Waals surface area contributed by atoms with Gasteiger partial charge >= 0.3 is 0 Å². The van der Waals surface area contributed by atoms with E-state index in [1.165, 1.54) is 6.29 Å². The predicted octanol–water partition coefficient (Wildman–Crippen LogP) is -0.401. The number of hydrogen-bond acceptors (Lipinski definition) is 3. The van der Waals surface area contributed by atoms with Gasteiger partial charge in [0.25, 0.3) is 0 Å². The third-order valence-electron chi connectivity index (χ3n) is 1.02. The van der Waals surface area contributed by atoms with Gasteiger partial charge in [-0.2, -0.15) is 0 Å². The molecule has 0 aromatic heterocycles. The highest BCUT2D eigenvalue weighted by Gasteiger charge is 2.05. The fourth-order valence-electron chi connectivity index (χ4n) is 0.515. The third kappa shape index (κ3) is 3.19. The number of rotatable bonds is 4. The zero-order valence-corrected chi connectivity index (χ0v) is 5.96. The van der Waals surface area contributed by atoms with E-state index in [-0.39, 0.29) is 12.5 Å². The van der Waals surface area contributed by atoms with Gasteiger partial charge in [0.1, 0.15) is 6.54 Å². The summed E-state index contributed by atoms with van der Waals surface area (Å²) in [5, 5.41) is 0.872. The molecule has 4 heteroatoms. The van der Waals surface area contributed by atoms with Crippen LogP contribution in [0.2, 0.25) is 0 Å². The van der Waals surface area contributed by atoms with Crippen molar-refractivity contribution in [2.75, 3.05) is 6.54 Å². The summed E-state index contributed by atoms with van der Waals surface area (Å²) in [6, 6.07) is 0. The molecule has 0 saturated heterocycles. The minimum Gasteiger partial charge on any atom is -0.289 e. The maximum Gasteiger partial charge on any atom is 0.236 e. The average molecular weight is 143 g/mol. The van der Waals surface area contributed by atoms with E-state index in [2.05, 4.69) is 0 Å². The summed E-state index contributed by atoms with van der Waals surface area (Å²) in [4.78, 5) is 20.5. The van der Waals surface area contributed by atoms with Gasteiger partial charge in [-0.25, -0.2) is 5.84 Å². The molecule has 4 nitrogen and oxygen atoms in total. The molecule has 1 amide bonds. The Morgan fingerprint density at radius 2 is 2.30 bits per heavy atom. The van der Waals surface area contributed by atoms with Crippen molar-refractivity contribution in [2.45, 2.75) is 19.8 Å². The lowest BCUT2D eigenvalue weighted by Crippen LogP contribution is -2.38. The number of carbonyl (C=O) groups excluding carboxylic acids is 2. The SMILES string of the molecule is CCCC(=O)N(N)C[C]=O. The normalized spacial score (nSPS) is 9.00. The van der Waals surface area contributed by atoms with E-state index in [4.69, 9.17) is 5.84 Å². The van der Waals surface area contributed by atoms with E-state index in [1.54, 1.807) is 0 Å². The number of hydrazine groups is 1. The quantitative estimate of drug-likeness (QED) is 0.331. The van der Waals surface area contributed by atoms with Crippen molar-refractivity contribution in [3.8, 4) is 0 Å². The molecule has 0 heterocycles. The summed E-state index contributed by atoms with van der Waals surface area (Å²) in [6.07, 6.45) is 2.67. The van der Waals surface area contributed by atoms with Crippen LogP contribution in [0.25, 0.3) is 0 Å². The van der Waals surface area contributed by atoms with Gasteiger partial charge < -0.3 is 0 Å². The van der Waals surface area contributed by atoms with Gasteiger partial charge in [-0.05, 0) is 6.42 Å². The molecule has 0 aliphatic rings. The molecule has 1 radical (unpaired) electrons. The highest BCUT2D eigenvalue weighted by Crippen LogP contribution is 1.90. The molecule has 0 aliphatic heterocycles. The summed E-state index contributed by atoms with van der Waals surface area (Å²) in [5.41, 5.74) is 0. The van der Waals surface area contributed by atoms with E-state index in [0.717, 1.165) is 11.4 Å². The first kappa shape index (κ1) is 9.10. The summed E-state index contributed by atoms with van der Waals surface area (Å²) >= 11 is 0. The molecule has 0 unspecified atom stereocenters. The van der Waals surface area contributed by atoms with Crippen molar-refractivity contribution in [3.63, 3.8) is 0 Å². The van der Waals surface area contributed by atoms with Gasteiger partial charge in [0, 0.05) is 6.42 Å². The Labute approximate surface area is 60.0 Å². The van der Waals surface area contributed by atoms with Crippen LogP contribution >= 0.6 is 0 Å². The number of nitrogens with two attached hydrogens (primary N) is 1. The number of hydrogen-bond donors (Lipinski definition) is 1. The van der Waals surface area contributed by atoms with Crippen LogP contribution in [-0.4, -0.2) is 23.7 Å². The first-order chi connectivity index (χ1) is 4.72. The molecule has 0 atom stereocenters. The van der Waals surface area contributed by atoms with Crippen LogP contribution in [0, 0.1) is 0 Å². The predicted molar refractivity (Wildman–Crippen MR) is 36.5 cm³/mol. The van der Waals surface area contributed by atoms with Gasteiger partial charge in [-0.3, -0.25) is 14.6 Å². The fraction of sp³-hybridized carbons (Fsp3) is 0.667. The number of nitrogens with zero attached hydrogens (tertiary/aromatic N) is 1. The molecule has 57 valence electrons. The second-order valence-corrected chi connectivity index (χ2v) is 1.92. The number of amides is 1. The first-order valence-corrected chi connectivity index (χ1v) is 3.12. The lowest BCUT2D eigenvalue weighted by Gasteiger charge is -2.10. The third-order valence-corrected chi connectivity index (χ3v) is 1.02. The Hall–Kier alpha value is -0.900. The summed E-state index contributed by atoms with van der Waals surface area (Å²) in [6.45, 7) is 1.73. The Morgan fingerprint density at radius 3 is 2.70 bits per heavy atom. The Balaban J connectivity index is 3.58. The topological polar surface area (TPSA) is 63.4 Å². The summed E-state index contributed by atoms with van der Waals surface area (Å²) in [5.74, 6) is 4.92. The molecule has 0 saturated carbocycles. The maximum atomic E-state index is 10.8. The molecule has 0 fully saturated rings. The van der Waals surface area contributed by atoms with E-state index in [0.29, 0.717) is 6.42 Å². The van der Waals surface area contributed by atoms with Gasteiger partial charge in [0.2, 0.25) is 12.2 Å². The van der Waals surface area contributed by atoms with Crippen molar-refractivity contribution in [2.24, 2.45) is 5.84 Å². The molecule has 0 rings (SSSR count). The average Bonchev–Trinajstić information content (AvgIpc) is 1.89. The van der Waals surface area contributed by atoms with Crippen molar-refractivity contribution in [1.82, 2.24) is 5.01 Å². The Kier molecular flexibility index (Phi) is 4.49. The largest absolute Gasteiger partial charge is 0.289 e. The Morgan fingerprint density at radius 1 is 1.70 bits per heavy atom. The minimum atomic E-state index is -0.217. The van der Waals surface area contributed by atoms with Crippen LogP contribution in [0.15, 0.2) is 0 Å². The molecular formula is C6H11N2O2. The monoisotopic (exact) mass is 143 g/mol. The molecule has 0 spiro atoms. The molecule has 0 bridgehead atoms. The smallest absolute Gasteiger partial charge is 0.236 e. The second kappa shape index (κ2) is 4.93. The number of carbonyl (C=O) groups is 1. The minimum absolute atomic E-state index is 0.140. The first-order valence-electron chi connectivity index (χ1n) is 3.12. The van der Waals surface area contributed by atoms with Crippen LogP contribution in [0.5, 0.6) is 0 Å². The second-order valence-electron chi connectivity index (χ2n) is 1.92. The van der Waals surface area contributed by atoms with E-state index in [1.807, 2.05) is 6.92 Å². The van der Waals surface area contributed by atoms with Gasteiger partial charge in [-0.1, -0.05) is 6.92 Å². The van der Waals surface area contributed by atoms with E-state index >= 15 is 0 Å². The summed E-state index contributed by atoms with van der Waals surface area (Å²) < 4.78 is 0. The molecule has 0 aromatic carbocycles. The maximum absolute atomic E-state index is 10.8. The lowest BCUT2D eigenvalue weighted by molar-refractivity contribution is -0.130. The van der Waals surface area contributed by atoms with E-state index < -0.39 is 0 Å². The van der Waals surface area contributed by atoms with Crippen molar-refractivity contribution >= 4 is 12.2 Å². The Bertz CT molecular complexity index is 125. The summed E-state index contributed by atoms with van der Waals surface area (Å²) in [7, 11) is 0. The van der Waals surface area contributed by atoms with Crippen molar-refractivity contribution in [1.29, 1.82) is 0 Å². The molecular weight excluding hydrogens is 132 g/mol. The van der Waals surface area contributed by atoms with Gasteiger partial charge in [0.15, 0.2) is 0 Å². The van der Waals surface area contributed by atoms with Crippen LogP contribution in [-0.2, 0) is 9.59 Å². The molecule has 10 heavy (non-hydrogen) atoms. The standard InChI is InChI=1S/C6H11N2O2/c1-2-3-6(10)8(7)4-5-9/h2-4,7H2,1H3. The van der Waals surface area contributed by atoms with Crippen LogP contribution < -0.4 is 5.84 Å². The molecule has 2 N–H and O–H groups in total. The van der Waals surface area contributed by atoms with Crippen LogP contribution in [0.1, 0.15) is 19.8 Å².